The van der Waals surface area contributed by atoms with Gasteiger partial charge in [0.05, 0.1) is 6.54 Å². The molecule has 2 aliphatic heterocycles. The number of hydrogen-bond donors (Lipinski definition) is 2. The van der Waals surface area contributed by atoms with E-state index in [0.717, 1.165) is 11.1 Å². The van der Waals surface area contributed by atoms with Crippen molar-refractivity contribution in [3.63, 3.8) is 0 Å². The number of anilines is 1. The number of phenols is 1. The monoisotopic (exact) mass is 381 g/mol. The molecule has 0 saturated carbocycles. The molecule has 3 amide bonds. The fourth-order valence-electron chi connectivity index (χ4n) is 3.55. The molecule has 2 aromatic rings. The van der Waals surface area contributed by atoms with Crippen LogP contribution in [0.15, 0.2) is 48.5 Å². The number of nitrogens with zero attached hydrogens (tertiary/aromatic N) is 2. The molecule has 0 radical (unpaired) electrons. The van der Waals surface area contributed by atoms with E-state index in [9.17, 15) is 19.1 Å². The van der Waals surface area contributed by atoms with Gasteiger partial charge in [-0.1, -0.05) is 18.2 Å². The Bertz CT molecular complexity index is 973. The van der Waals surface area contributed by atoms with Gasteiger partial charge in [-0.05, 0) is 53.5 Å². The summed E-state index contributed by atoms with van der Waals surface area (Å²) in [6.45, 7) is 1.10. The maximum atomic E-state index is 13.5. The highest BCUT2D eigenvalue weighted by Gasteiger charge is 2.27. The van der Waals surface area contributed by atoms with E-state index in [1.165, 1.54) is 23.1 Å². The average Bonchev–Trinajstić information content (AvgIpc) is 2.69. The minimum atomic E-state index is -0.377. The van der Waals surface area contributed by atoms with Crippen molar-refractivity contribution < 1.29 is 19.1 Å². The summed E-state index contributed by atoms with van der Waals surface area (Å²) in [5.74, 6) is -0.364. The van der Waals surface area contributed by atoms with Crippen LogP contribution in [0.3, 0.4) is 0 Å². The molecule has 0 aromatic heterocycles. The lowest BCUT2D eigenvalue weighted by molar-refractivity contribution is -0.131. The van der Waals surface area contributed by atoms with Crippen molar-refractivity contribution in [3.8, 4) is 5.75 Å². The number of halogens is 1. The molecular weight excluding hydrogens is 361 g/mol. The van der Waals surface area contributed by atoms with Crippen LogP contribution in [-0.4, -0.2) is 46.5 Å². The summed E-state index contributed by atoms with van der Waals surface area (Å²) in [5, 5.41) is 12.4. The number of fused-ring (bicyclic) bond motifs is 1. The van der Waals surface area contributed by atoms with Crippen LogP contribution in [-0.2, 0) is 11.3 Å². The van der Waals surface area contributed by atoms with E-state index in [2.05, 4.69) is 11.4 Å². The van der Waals surface area contributed by atoms with Crippen LogP contribution < -0.4 is 5.32 Å². The number of benzene rings is 2. The number of hydrogen-bond acceptors (Lipinski definition) is 3. The van der Waals surface area contributed by atoms with Crippen LogP contribution in [0, 0.1) is 5.82 Å². The van der Waals surface area contributed by atoms with Crippen LogP contribution in [0.25, 0.3) is 5.57 Å². The highest BCUT2D eigenvalue weighted by Crippen LogP contribution is 2.26. The maximum absolute atomic E-state index is 13.5. The van der Waals surface area contributed by atoms with Gasteiger partial charge in [-0.2, -0.15) is 0 Å². The van der Waals surface area contributed by atoms with Gasteiger partial charge in [0, 0.05) is 18.8 Å². The Balaban J connectivity index is 1.44. The number of aromatic hydroxyl groups is 1. The molecule has 144 valence electrons. The summed E-state index contributed by atoms with van der Waals surface area (Å²) in [4.78, 5) is 28.2. The first-order valence-corrected chi connectivity index (χ1v) is 9.10. The van der Waals surface area contributed by atoms with Crippen molar-refractivity contribution in [2.75, 3.05) is 25.0 Å². The van der Waals surface area contributed by atoms with Crippen LogP contribution in [0.2, 0.25) is 0 Å². The molecule has 28 heavy (non-hydrogen) atoms. The van der Waals surface area contributed by atoms with Crippen molar-refractivity contribution in [1.29, 1.82) is 0 Å². The minimum Gasteiger partial charge on any atom is -0.508 e. The first kappa shape index (κ1) is 18.0. The Labute approximate surface area is 161 Å². The van der Waals surface area contributed by atoms with Gasteiger partial charge in [0.25, 0.3) is 0 Å². The summed E-state index contributed by atoms with van der Waals surface area (Å²) in [7, 11) is 0. The molecule has 0 bridgehead atoms. The van der Waals surface area contributed by atoms with E-state index in [4.69, 9.17) is 0 Å². The van der Waals surface area contributed by atoms with E-state index >= 15 is 0 Å². The molecule has 2 aromatic carbocycles. The van der Waals surface area contributed by atoms with Gasteiger partial charge < -0.3 is 20.2 Å². The topological polar surface area (TPSA) is 72.9 Å². The van der Waals surface area contributed by atoms with E-state index in [-0.39, 0.29) is 36.6 Å². The zero-order valence-corrected chi connectivity index (χ0v) is 15.2. The van der Waals surface area contributed by atoms with E-state index in [1.807, 2.05) is 6.07 Å². The van der Waals surface area contributed by atoms with Crippen LogP contribution >= 0.6 is 0 Å². The molecule has 6 nitrogen and oxygen atoms in total. The molecule has 4 rings (SSSR count). The van der Waals surface area contributed by atoms with E-state index in [1.54, 1.807) is 23.1 Å². The largest absolute Gasteiger partial charge is 0.508 e. The normalized spacial score (nSPS) is 16.3. The molecule has 2 aliphatic rings. The molecule has 2 N–H and O–H groups in total. The summed E-state index contributed by atoms with van der Waals surface area (Å²) >= 11 is 0. The second kappa shape index (κ2) is 7.34. The zero-order chi connectivity index (χ0) is 19.7. The summed E-state index contributed by atoms with van der Waals surface area (Å²) in [6.07, 6.45) is 2.77. The van der Waals surface area contributed by atoms with Crippen molar-refractivity contribution >= 4 is 23.2 Å². The number of amides is 3. The van der Waals surface area contributed by atoms with Crippen LogP contribution in [0.5, 0.6) is 5.75 Å². The smallest absolute Gasteiger partial charge is 0.322 e. The lowest BCUT2D eigenvalue weighted by Gasteiger charge is -2.33. The third-order valence-electron chi connectivity index (χ3n) is 5.00. The van der Waals surface area contributed by atoms with E-state index in [0.29, 0.717) is 30.8 Å². The summed E-state index contributed by atoms with van der Waals surface area (Å²) in [5.41, 5.74) is 3.05. The number of urea groups is 1. The van der Waals surface area contributed by atoms with Gasteiger partial charge in [0.1, 0.15) is 18.1 Å². The highest BCUT2D eigenvalue weighted by molar-refractivity contribution is 5.95. The summed E-state index contributed by atoms with van der Waals surface area (Å²) in [6, 6.07) is 10.8. The number of nitrogens with one attached hydrogen (secondary N) is 1. The molecule has 0 aliphatic carbocycles. The van der Waals surface area contributed by atoms with Crippen molar-refractivity contribution in [2.45, 2.75) is 13.0 Å². The first-order valence-electron chi connectivity index (χ1n) is 9.10. The Morgan fingerprint density at radius 1 is 1.18 bits per heavy atom. The first-order chi connectivity index (χ1) is 13.5. The molecule has 0 atom stereocenters. The molecule has 0 spiro atoms. The Kier molecular flexibility index (Phi) is 4.73. The Hall–Kier alpha value is -3.35. The van der Waals surface area contributed by atoms with Crippen molar-refractivity contribution in [2.24, 2.45) is 0 Å². The number of rotatable bonds is 3. The van der Waals surface area contributed by atoms with Crippen molar-refractivity contribution in [3.05, 3.63) is 65.5 Å². The van der Waals surface area contributed by atoms with Gasteiger partial charge in [0.15, 0.2) is 0 Å². The summed E-state index contributed by atoms with van der Waals surface area (Å²) < 4.78 is 13.5. The Morgan fingerprint density at radius 3 is 2.86 bits per heavy atom. The van der Waals surface area contributed by atoms with Gasteiger partial charge in [-0.25, -0.2) is 9.18 Å². The molecule has 2 heterocycles. The second-order valence-corrected chi connectivity index (χ2v) is 6.97. The number of carbonyl (C=O) groups excluding carboxylic acids is 2. The lowest BCUT2D eigenvalue weighted by atomic mass is 10.0. The lowest BCUT2D eigenvalue weighted by Crippen LogP contribution is -2.47. The third-order valence-corrected chi connectivity index (χ3v) is 5.00. The SMILES string of the molecule is O=C(CN1Cc2cc(F)ccc2NC1=O)N1CCC=C(c2cccc(O)c2)C1. The Morgan fingerprint density at radius 2 is 2.04 bits per heavy atom. The quantitative estimate of drug-likeness (QED) is 0.858. The highest BCUT2D eigenvalue weighted by atomic mass is 19.1. The molecule has 0 unspecified atom stereocenters. The second-order valence-electron chi connectivity index (χ2n) is 6.97. The van der Waals surface area contributed by atoms with Crippen LogP contribution in [0.1, 0.15) is 17.5 Å². The predicted octanol–water partition coefficient (Wildman–Crippen LogP) is 3.19. The number of phenolic OH excluding ortho intramolecular Hbond substituents is 1. The average molecular weight is 381 g/mol. The van der Waals surface area contributed by atoms with Gasteiger partial charge in [-0.3, -0.25) is 4.79 Å². The number of carbonyl (C=O) groups is 2. The maximum Gasteiger partial charge on any atom is 0.322 e. The fourth-order valence-corrected chi connectivity index (χ4v) is 3.55. The predicted molar refractivity (Wildman–Crippen MR) is 103 cm³/mol. The van der Waals surface area contributed by atoms with Crippen LogP contribution in [0.4, 0.5) is 14.9 Å². The van der Waals surface area contributed by atoms with Gasteiger partial charge in [0.2, 0.25) is 5.91 Å². The molecular formula is C21H20FN3O3. The minimum absolute atomic E-state index is 0.0743. The zero-order valence-electron chi connectivity index (χ0n) is 15.2. The van der Waals surface area contributed by atoms with E-state index < -0.39 is 0 Å². The van der Waals surface area contributed by atoms with Crippen molar-refractivity contribution in [1.82, 2.24) is 9.80 Å². The standard InChI is InChI=1S/C21H20FN3O3/c22-17-6-7-19-16(9-17)12-25(21(28)23-19)13-20(27)24-8-2-4-15(11-24)14-3-1-5-18(26)10-14/h1,3-7,9-10,26H,2,8,11-13H2,(H,23,28). The third kappa shape index (κ3) is 3.69. The van der Waals surface area contributed by atoms with Gasteiger partial charge >= 0.3 is 6.03 Å². The molecule has 0 fully saturated rings. The fraction of sp³-hybridized carbons (Fsp3) is 0.238. The molecule has 7 heteroatoms. The molecule has 0 saturated heterocycles. The van der Waals surface area contributed by atoms with Gasteiger partial charge in [-0.15, -0.1) is 0 Å².